The summed E-state index contributed by atoms with van der Waals surface area (Å²) in [5, 5.41) is -0.0154. The summed E-state index contributed by atoms with van der Waals surface area (Å²) in [4.78, 5) is 11.4. The Morgan fingerprint density at radius 3 is 2.65 bits per heavy atom. The Kier molecular flexibility index (Phi) is 4.34. The van der Waals surface area contributed by atoms with E-state index in [-0.39, 0.29) is 17.6 Å². The van der Waals surface area contributed by atoms with E-state index in [4.69, 9.17) is 16.3 Å². The van der Waals surface area contributed by atoms with Gasteiger partial charge in [-0.25, -0.2) is 4.39 Å². The number of ether oxygens (including phenoxy) is 2. The summed E-state index contributed by atoms with van der Waals surface area (Å²) in [6.07, 6.45) is 0. The van der Waals surface area contributed by atoms with Crippen LogP contribution in [0.5, 0.6) is 5.75 Å². The van der Waals surface area contributed by atoms with Crippen LogP contribution >= 0.6 is 11.6 Å². The second kappa shape index (κ2) is 5.36. The first-order valence-electron chi connectivity index (χ1n) is 5.03. The number of carbonyl (C=O) groups excluding carboxylic acids is 1. The Balaban J connectivity index is 2.67. The van der Waals surface area contributed by atoms with Gasteiger partial charge in [0.1, 0.15) is 18.2 Å². The summed E-state index contributed by atoms with van der Waals surface area (Å²) in [5.41, 5.74) is -0.768. The van der Waals surface area contributed by atoms with Crippen molar-refractivity contribution < 1.29 is 18.7 Å². The molecule has 94 valence electrons. The van der Waals surface area contributed by atoms with Crippen LogP contribution in [-0.4, -0.2) is 19.7 Å². The van der Waals surface area contributed by atoms with Crippen LogP contribution in [0.4, 0.5) is 4.39 Å². The molecule has 0 unspecified atom stereocenters. The van der Waals surface area contributed by atoms with E-state index in [1.54, 1.807) is 13.8 Å². The second-order valence-corrected chi connectivity index (χ2v) is 4.65. The lowest BCUT2D eigenvalue weighted by atomic mass is 9.95. The number of hydrogen-bond acceptors (Lipinski definition) is 3. The highest BCUT2D eigenvalue weighted by Crippen LogP contribution is 2.24. The van der Waals surface area contributed by atoms with Crippen LogP contribution in [0.3, 0.4) is 0 Å². The lowest BCUT2D eigenvalue weighted by Gasteiger charge is -2.21. The number of esters is 1. The summed E-state index contributed by atoms with van der Waals surface area (Å²) >= 11 is 5.61. The van der Waals surface area contributed by atoms with Crippen LogP contribution in [0.25, 0.3) is 0 Å². The minimum Gasteiger partial charge on any atom is -0.492 e. The Hall–Kier alpha value is -1.29. The molecule has 1 rings (SSSR count). The largest absolute Gasteiger partial charge is 0.492 e. The van der Waals surface area contributed by atoms with Crippen molar-refractivity contribution in [2.75, 3.05) is 13.7 Å². The molecule has 0 N–H and O–H groups in total. The molecule has 0 bridgehead atoms. The molecule has 0 aliphatic carbocycles. The quantitative estimate of drug-likeness (QED) is 0.781. The van der Waals surface area contributed by atoms with Crippen molar-refractivity contribution in [2.24, 2.45) is 5.41 Å². The number of benzene rings is 1. The fourth-order valence-electron chi connectivity index (χ4n) is 1.17. The summed E-state index contributed by atoms with van der Waals surface area (Å²) < 4.78 is 22.9. The van der Waals surface area contributed by atoms with Crippen molar-refractivity contribution in [3.63, 3.8) is 0 Å². The standard InChI is InChI=1S/C12H14ClFO3/c1-12(2,11(15)16-3)7-17-8-4-5-10(14)9(13)6-8/h4-6H,7H2,1-3H3. The van der Waals surface area contributed by atoms with E-state index >= 15 is 0 Å². The Morgan fingerprint density at radius 1 is 1.47 bits per heavy atom. The first-order chi connectivity index (χ1) is 7.86. The van der Waals surface area contributed by atoms with Crippen LogP contribution in [0.15, 0.2) is 18.2 Å². The highest BCUT2D eigenvalue weighted by atomic mass is 35.5. The smallest absolute Gasteiger partial charge is 0.314 e. The maximum atomic E-state index is 12.9. The zero-order valence-electron chi connectivity index (χ0n) is 9.92. The molecule has 0 saturated carbocycles. The normalized spacial score (nSPS) is 11.1. The third kappa shape index (κ3) is 3.60. The summed E-state index contributed by atoms with van der Waals surface area (Å²) in [6.45, 7) is 3.52. The summed E-state index contributed by atoms with van der Waals surface area (Å²) in [7, 11) is 1.32. The fourth-order valence-corrected chi connectivity index (χ4v) is 1.34. The second-order valence-electron chi connectivity index (χ2n) is 4.24. The molecule has 0 aliphatic heterocycles. The highest BCUT2D eigenvalue weighted by Gasteiger charge is 2.29. The molecule has 5 heteroatoms. The third-order valence-electron chi connectivity index (χ3n) is 2.23. The molecule has 0 aliphatic rings. The molecule has 1 aromatic carbocycles. The van der Waals surface area contributed by atoms with Crippen LogP contribution in [0.2, 0.25) is 5.02 Å². The predicted octanol–water partition coefficient (Wildman–Crippen LogP) is 3.06. The Bertz CT molecular complexity index is 418. The third-order valence-corrected chi connectivity index (χ3v) is 2.52. The van der Waals surface area contributed by atoms with Crippen LogP contribution in [-0.2, 0) is 9.53 Å². The van der Waals surface area contributed by atoms with Gasteiger partial charge in [0, 0.05) is 6.07 Å². The van der Waals surface area contributed by atoms with Crippen molar-refractivity contribution in [1.29, 1.82) is 0 Å². The molecule has 0 saturated heterocycles. The molecular formula is C12H14ClFO3. The van der Waals surface area contributed by atoms with Crippen LogP contribution in [0.1, 0.15) is 13.8 Å². The van der Waals surface area contributed by atoms with E-state index in [0.29, 0.717) is 5.75 Å². The van der Waals surface area contributed by atoms with E-state index in [2.05, 4.69) is 4.74 Å². The zero-order valence-corrected chi connectivity index (χ0v) is 10.7. The number of rotatable bonds is 4. The molecule has 0 aromatic heterocycles. The van der Waals surface area contributed by atoms with E-state index in [9.17, 15) is 9.18 Å². The van der Waals surface area contributed by atoms with Gasteiger partial charge in [0.25, 0.3) is 0 Å². The molecule has 3 nitrogen and oxygen atoms in total. The topological polar surface area (TPSA) is 35.5 Å². The summed E-state index contributed by atoms with van der Waals surface area (Å²) in [5.74, 6) is -0.467. The van der Waals surface area contributed by atoms with Gasteiger partial charge in [-0.05, 0) is 26.0 Å². The van der Waals surface area contributed by atoms with Gasteiger partial charge in [0.2, 0.25) is 0 Å². The minimum absolute atomic E-state index is 0.0154. The first kappa shape index (κ1) is 13.8. The van der Waals surface area contributed by atoms with Crippen LogP contribution in [0, 0.1) is 11.2 Å². The number of halogens is 2. The molecule has 0 amide bonds. The lowest BCUT2D eigenvalue weighted by Crippen LogP contribution is -2.32. The van der Waals surface area contributed by atoms with Gasteiger partial charge in [-0.3, -0.25) is 4.79 Å². The van der Waals surface area contributed by atoms with Gasteiger partial charge in [-0.15, -0.1) is 0 Å². The minimum atomic E-state index is -0.768. The first-order valence-corrected chi connectivity index (χ1v) is 5.41. The molecule has 0 fully saturated rings. The van der Waals surface area contributed by atoms with Crippen LogP contribution < -0.4 is 4.74 Å². The maximum absolute atomic E-state index is 12.9. The number of hydrogen-bond donors (Lipinski definition) is 0. The molecule has 17 heavy (non-hydrogen) atoms. The van der Waals surface area contributed by atoms with E-state index in [0.717, 1.165) is 0 Å². The zero-order chi connectivity index (χ0) is 13.1. The highest BCUT2D eigenvalue weighted by molar-refractivity contribution is 6.30. The maximum Gasteiger partial charge on any atom is 0.314 e. The SMILES string of the molecule is COC(=O)C(C)(C)COc1ccc(F)c(Cl)c1. The van der Waals surface area contributed by atoms with Gasteiger partial charge in [-0.2, -0.15) is 0 Å². The Labute approximate surface area is 104 Å². The molecule has 0 heterocycles. The number of carbonyl (C=O) groups is 1. The molecule has 0 spiro atoms. The average Bonchev–Trinajstić information content (AvgIpc) is 2.29. The van der Waals surface area contributed by atoms with E-state index in [1.165, 1.54) is 25.3 Å². The van der Waals surface area contributed by atoms with E-state index in [1.807, 2.05) is 0 Å². The van der Waals surface area contributed by atoms with Crippen molar-refractivity contribution in [3.05, 3.63) is 29.0 Å². The molecule has 0 atom stereocenters. The molecule has 0 radical (unpaired) electrons. The monoisotopic (exact) mass is 260 g/mol. The van der Waals surface area contributed by atoms with Gasteiger partial charge in [-0.1, -0.05) is 11.6 Å². The molecular weight excluding hydrogens is 247 g/mol. The average molecular weight is 261 g/mol. The van der Waals surface area contributed by atoms with Crippen molar-refractivity contribution in [2.45, 2.75) is 13.8 Å². The fraction of sp³-hybridized carbons (Fsp3) is 0.417. The van der Waals surface area contributed by atoms with Crippen molar-refractivity contribution >= 4 is 17.6 Å². The van der Waals surface area contributed by atoms with Crippen molar-refractivity contribution in [1.82, 2.24) is 0 Å². The van der Waals surface area contributed by atoms with Gasteiger partial charge in [0.15, 0.2) is 0 Å². The predicted molar refractivity (Wildman–Crippen MR) is 62.7 cm³/mol. The van der Waals surface area contributed by atoms with E-state index < -0.39 is 11.2 Å². The van der Waals surface area contributed by atoms with Crippen molar-refractivity contribution in [3.8, 4) is 5.75 Å². The Morgan fingerprint density at radius 2 is 2.12 bits per heavy atom. The van der Waals surface area contributed by atoms with Gasteiger partial charge in [0.05, 0.1) is 17.5 Å². The van der Waals surface area contributed by atoms with Gasteiger partial charge < -0.3 is 9.47 Å². The lowest BCUT2D eigenvalue weighted by molar-refractivity contribution is -0.152. The summed E-state index contributed by atoms with van der Waals surface area (Å²) in [6, 6.07) is 4.03. The molecule has 1 aromatic rings. The van der Waals surface area contributed by atoms with Gasteiger partial charge >= 0.3 is 5.97 Å². The number of methoxy groups -OCH3 is 1.